The number of amides is 1. The van der Waals surface area contributed by atoms with Crippen molar-refractivity contribution in [2.75, 3.05) is 13.7 Å². The lowest BCUT2D eigenvalue weighted by atomic mass is 9.87. The number of fused-ring (bicyclic) bond motifs is 1. The first kappa shape index (κ1) is 20.8. The molecule has 0 spiro atoms. The Morgan fingerprint density at radius 1 is 1.40 bits per heavy atom. The number of nitriles is 1. The minimum absolute atomic E-state index is 0.0751. The monoisotopic (exact) mass is 408 g/mol. The highest BCUT2D eigenvalue weighted by Gasteiger charge is 2.34. The highest BCUT2D eigenvalue weighted by atomic mass is 16.5. The summed E-state index contributed by atoms with van der Waals surface area (Å²) in [7, 11) is 1.44. The molecule has 1 aromatic carbocycles. The number of benzene rings is 1. The van der Waals surface area contributed by atoms with Crippen LogP contribution in [0.1, 0.15) is 46.0 Å². The van der Waals surface area contributed by atoms with E-state index in [0.717, 1.165) is 0 Å². The van der Waals surface area contributed by atoms with Gasteiger partial charge in [0.1, 0.15) is 11.3 Å². The van der Waals surface area contributed by atoms with Crippen molar-refractivity contribution in [3.8, 4) is 22.9 Å². The molecule has 1 atom stereocenters. The normalized spacial score (nSPS) is 14.7. The van der Waals surface area contributed by atoms with Gasteiger partial charge in [-0.1, -0.05) is 0 Å². The summed E-state index contributed by atoms with van der Waals surface area (Å²) >= 11 is 0. The zero-order chi connectivity index (χ0) is 22.0. The number of rotatable bonds is 6. The van der Waals surface area contributed by atoms with E-state index in [1.54, 1.807) is 26.0 Å². The molecule has 0 fully saturated rings. The highest BCUT2D eigenvalue weighted by Crippen LogP contribution is 2.43. The maximum Gasteiger partial charge on any atom is 0.339 e. The van der Waals surface area contributed by atoms with Gasteiger partial charge in [0, 0.05) is 29.5 Å². The topological polar surface area (TPSA) is 148 Å². The molecule has 0 bridgehead atoms. The van der Waals surface area contributed by atoms with E-state index in [1.165, 1.54) is 19.4 Å². The first-order chi connectivity index (χ1) is 14.3. The van der Waals surface area contributed by atoms with Crippen LogP contribution in [0, 0.1) is 18.3 Å². The van der Waals surface area contributed by atoms with Crippen LogP contribution in [0.25, 0.3) is 16.7 Å². The summed E-state index contributed by atoms with van der Waals surface area (Å²) in [5.41, 5.74) is 7.71. The number of aromatic nitrogens is 1. The largest absolute Gasteiger partial charge is 0.496 e. The van der Waals surface area contributed by atoms with Crippen LogP contribution in [-0.4, -0.2) is 35.7 Å². The Hall–Kier alpha value is -3.90. The number of aryl methyl sites for hydroxylation is 1. The van der Waals surface area contributed by atoms with Gasteiger partial charge in [-0.3, -0.25) is 9.78 Å². The number of nitrogens with zero attached hydrogens (tertiary/aromatic N) is 2. The summed E-state index contributed by atoms with van der Waals surface area (Å²) in [5.74, 6) is -1.59. The summed E-state index contributed by atoms with van der Waals surface area (Å²) < 4.78 is 11.2. The molecule has 9 heteroatoms. The zero-order valence-corrected chi connectivity index (χ0v) is 16.6. The number of primary amides is 1. The smallest absolute Gasteiger partial charge is 0.339 e. The van der Waals surface area contributed by atoms with Crippen molar-refractivity contribution >= 4 is 17.4 Å². The molecule has 0 aliphatic carbocycles. The number of carboxylic acid groups (broad SMARTS) is 1. The number of carboxylic acids is 1. The Bertz CT molecular complexity index is 1120. The molecule has 30 heavy (non-hydrogen) atoms. The fraction of sp³-hybridized carbons (Fsp3) is 0.238. The predicted molar refractivity (Wildman–Crippen MR) is 107 cm³/mol. The van der Waals surface area contributed by atoms with Gasteiger partial charge < -0.3 is 25.6 Å². The Kier molecular flexibility index (Phi) is 5.71. The summed E-state index contributed by atoms with van der Waals surface area (Å²) in [4.78, 5) is 28.6. The predicted octanol–water partition coefficient (Wildman–Crippen LogP) is 2.10. The highest BCUT2D eigenvalue weighted by molar-refractivity contribution is 6.16. The van der Waals surface area contributed by atoms with Crippen LogP contribution in [0.5, 0.6) is 5.75 Å². The van der Waals surface area contributed by atoms with E-state index in [-0.39, 0.29) is 22.5 Å². The second-order valence-electron chi connectivity index (χ2n) is 6.47. The molecule has 3 rings (SSSR count). The molecule has 1 aliphatic rings. The van der Waals surface area contributed by atoms with Crippen LogP contribution in [-0.2, 0) is 9.53 Å². The van der Waals surface area contributed by atoms with Gasteiger partial charge in [-0.2, -0.15) is 5.26 Å². The van der Waals surface area contributed by atoms with Gasteiger partial charge in [-0.25, -0.2) is 4.79 Å². The van der Waals surface area contributed by atoms with E-state index in [2.05, 4.69) is 10.3 Å². The Morgan fingerprint density at radius 2 is 2.13 bits per heavy atom. The van der Waals surface area contributed by atoms with E-state index >= 15 is 0 Å². The second kappa shape index (κ2) is 8.23. The molecule has 2 aromatic rings. The zero-order valence-electron chi connectivity index (χ0n) is 16.6. The third-order valence-corrected chi connectivity index (χ3v) is 4.72. The SMILES string of the molecule is CCOC1NC=C(C(=O)O)c2nc(C)c(C(N)=O)c(-c3ccc(C#N)cc3OC)c21. The van der Waals surface area contributed by atoms with Crippen molar-refractivity contribution < 1.29 is 24.2 Å². The van der Waals surface area contributed by atoms with Gasteiger partial charge in [0.15, 0.2) is 6.23 Å². The molecule has 1 aliphatic heterocycles. The molecule has 4 N–H and O–H groups in total. The molecule has 1 aromatic heterocycles. The summed E-state index contributed by atoms with van der Waals surface area (Å²) in [6, 6.07) is 6.76. The minimum Gasteiger partial charge on any atom is -0.496 e. The van der Waals surface area contributed by atoms with Crippen molar-refractivity contribution in [3.63, 3.8) is 0 Å². The van der Waals surface area contributed by atoms with Gasteiger partial charge in [0.25, 0.3) is 5.91 Å². The van der Waals surface area contributed by atoms with Crippen molar-refractivity contribution in [1.82, 2.24) is 10.3 Å². The standard InChI is InChI=1S/C21H20N4O5/c1-4-30-20-17-16(12-6-5-11(8-22)7-14(12)29-3)15(19(23)26)10(2)25-18(17)13(9-24-20)21(27)28/h5-7,9,20,24H,4H2,1-3H3,(H2,23,26)(H,27,28). The average Bonchev–Trinajstić information content (AvgIpc) is 2.72. The van der Waals surface area contributed by atoms with E-state index < -0.39 is 18.1 Å². The van der Waals surface area contributed by atoms with Gasteiger partial charge in [-0.05, 0) is 32.0 Å². The Labute approximate surface area is 172 Å². The summed E-state index contributed by atoms with van der Waals surface area (Å²) in [6.07, 6.45) is 0.552. The molecule has 2 heterocycles. The quantitative estimate of drug-likeness (QED) is 0.658. The molecule has 1 amide bonds. The number of hydrogen-bond donors (Lipinski definition) is 3. The lowest BCUT2D eigenvalue weighted by Gasteiger charge is -2.29. The van der Waals surface area contributed by atoms with Crippen LogP contribution < -0.4 is 15.8 Å². The number of nitrogens with one attached hydrogen (secondary N) is 1. The van der Waals surface area contributed by atoms with E-state index in [0.29, 0.717) is 34.6 Å². The van der Waals surface area contributed by atoms with Crippen LogP contribution in [0.3, 0.4) is 0 Å². The van der Waals surface area contributed by atoms with E-state index in [4.69, 9.17) is 15.2 Å². The number of hydrogen-bond acceptors (Lipinski definition) is 7. The minimum atomic E-state index is -1.19. The number of ether oxygens (including phenoxy) is 2. The lowest BCUT2D eigenvalue weighted by Crippen LogP contribution is -2.30. The van der Waals surface area contributed by atoms with Gasteiger partial charge >= 0.3 is 5.97 Å². The Morgan fingerprint density at radius 3 is 2.70 bits per heavy atom. The third-order valence-electron chi connectivity index (χ3n) is 4.72. The van der Waals surface area contributed by atoms with Crippen molar-refractivity contribution in [2.45, 2.75) is 20.1 Å². The molecule has 154 valence electrons. The molecule has 0 saturated heterocycles. The number of carbonyl (C=O) groups excluding carboxylic acids is 1. The van der Waals surface area contributed by atoms with Gasteiger partial charge in [-0.15, -0.1) is 0 Å². The number of carbonyl (C=O) groups is 2. The number of aliphatic carboxylic acids is 1. The first-order valence-electron chi connectivity index (χ1n) is 9.08. The third kappa shape index (κ3) is 3.44. The van der Waals surface area contributed by atoms with Crippen molar-refractivity contribution in [1.29, 1.82) is 5.26 Å². The molecule has 0 radical (unpaired) electrons. The molecular formula is C21H20N4O5. The molecule has 1 unspecified atom stereocenters. The van der Waals surface area contributed by atoms with E-state index in [9.17, 15) is 20.0 Å². The van der Waals surface area contributed by atoms with Crippen LogP contribution in [0.15, 0.2) is 24.4 Å². The van der Waals surface area contributed by atoms with Crippen LogP contribution in [0.2, 0.25) is 0 Å². The summed E-state index contributed by atoms with van der Waals surface area (Å²) in [6.45, 7) is 3.69. The first-order valence-corrected chi connectivity index (χ1v) is 9.08. The van der Waals surface area contributed by atoms with Crippen molar-refractivity contribution in [2.24, 2.45) is 5.73 Å². The number of pyridine rings is 1. The van der Waals surface area contributed by atoms with Gasteiger partial charge in [0.05, 0.1) is 35.7 Å². The fourth-order valence-electron chi connectivity index (χ4n) is 3.50. The number of methoxy groups -OCH3 is 1. The van der Waals surface area contributed by atoms with Crippen LogP contribution in [0.4, 0.5) is 0 Å². The van der Waals surface area contributed by atoms with Gasteiger partial charge in [0.2, 0.25) is 0 Å². The lowest BCUT2D eigenvalue weighted by molar-refractivity contribution is -0.130. The average molecular weight is 408 g/mol. The van der Waals surface area contributed by atoms with Crippen molar-refractivity contribution in [3.05, 3.63) is 52.5 Å². The maximum absolute atomic E-state index is 12.4. The van der Waals surface area contributed by atoms with Crippen LogP contribution >= 0.6 is 0 Å². The molecule has 0 saturated carbocycles. The fourth-order valence-corrected chi connectivity index (χ4v) is 3.50. The number of nitrogens with two attached hydrogens (primary N) is 1. The molecular weight excluding hydrogens is 388 g/mol. The maximum atomic E-state index is 12.4. The Balaban J connectivity index is 2.48. The van der Waals surface area contributed by atoms with E-state index in [1.807, 2.05) is 6.07 Å². The summed E-state index contributed by atoms with van der Waals surface area (Å²) in [5, 5.41) is 21.8. The molecule has 9 nitrogen and oxygen atoms in total. The second-order valence-corrected chi connectivity index (χ2v) is 6.47.